The predicted molar refractivity (Wildman–Crippen MR) is 196 cm³/mol. The Morgan fingerprint density at radius 1 is 0.426 bits per heavy atom. The SMILES string of the molecule is CN1Cc2[c-]c(c3ccccc3c2)-c2cc3ccccc3cc2N(C)Cc2[c-]c(c3ccccc3c2)-c2cc3ccccc3cc21.[Pt+4]. The van der Waals surface area contributed by atoms with E-state index in [1.807, 2.05) is 0 Å². The van der Waals surface area contributed by atoms with Crippen LogP contribution in [0, 0.1) is 12.1 Å². The van der Waals surface area contributed by atoms with Gasteiger partial charge in [0.25, 0.3) is 0 Å². The number of nitrogens with zero attached hydrogens (tertiary/aromatic N) is 2. The first kappa shape index (κ1) is 29.5. The first-order chi connectivity index (χ1) is 22.6. The van der Waals surface area contributed by atoms with Gasteiger partial charge in [0, 0.05) is 38.6 Å². The summed E-state index contributed by atoms with van der Waals surface area (Å²) in [6.45, 7) is 1.44. The van der Waals surface area contributed by atoms with E-state index in [9.17, 15) is 0 Å². The first-order valence-corrected chi connectivity index (χ1v) is 16.0. The fourth-order valence-electron chi connectivity index (χ4n) is 7.37. The molecule has 1 heterocycles. The largest absolute Gasteiger partial charge is 4.00 e. The summed E-state index contributed by atoms with van der Waals surface area (Å²) < 4.78 is 0. The van der Waals surface area contributed by atoms with Crippen LogP contribution >= 0.6 is 0 Å². The van der Waals surface area contributed by atoms with Crippen LogP contribution in [0.1, 0.15) is 11.1 Å². The van der Waals surface area contributed by atoms with Crippen LogP contribution in [0.4, 0.5) is 11.4 Å². The number of anilines is 2. The van der Waals surface area contributed by atoms with Gasteiger partial charge in [-0.3, -0.25) is 0 Å². The van der Waals surface area contributed by atoms with Crippen LogP contribution in [-0.2, 0) is 34.2 Å². The van der Waals surface area contributed by atoms with Crippen LogP contribution in [0.25, 0.3) is 65.3 Å². The Kier molecular flexibility index (Phi) is 7.35. The Bertz CT molecular complexity index is 2310. The van der Waals surface area contributed by atoms with Gasteiger partial charge < -0.3 is 9.80 Å². The summed E-state index contributed by atoms with van der Waals surface area (Å²) in [6.07, 6.45) is 0. The normalized spacial score (nSPS) is 12.9. The topological polar surface area (TPSA) is 6.48 Å². The second kappa shape index (κ2) is 11.7. The van der Waals surface area contributed by atoms with E-state index in [1.54, 1.807) is 0 Å². The van der Waals surface area contributed by atoms with Gasteiger partial charge in [0.2, 0.25) is 0 Å². The molecular formula is C44H32N2Pt+2. The molecule has 3 heteroatoms. The van der Waals surface area contributed by atoms with Crippen LogP contribution in [0.3, 0.4) is 0 Å². The molecule has 0 unspecified atom stereocenters. The fraction of sp³-hybridized carbons (Fsp3) is 0.0909. The molecule has 0 spiro atoms. The average molecular weight is 784 g/mol. The Hall–Kier alpha value is -4.91. The van der Waals surface area contributed by atoms with E-state index in [-0.39, 0.29) is 21.1 Å². The minimum atomic E-state index is 0. The molecule has 2 nitrogen and oxygen atoms in total. The Labute approximate surface area is 290 Å². The zero-order chi connectivity index (χ0) is 30.8. The van der Waals surface area contributed by atoms with Gasteiger partial charge in [-0.1, -0.05) is 120 Å². The molecule has 0 fully saturated rings. The Balaban J connectivity index is 0.00000324. The average Bonchev–Trinajstić information content (AvgIpc) is 3.09. The van der Waals surface area contributed by atoms with Crippen molar-refractivity contribution in [2.75, 3.05) is 23.9 Å². The maximum absolute atomic E-state index is 3.94. The van der Waals surface area contributed by atoms with Gasteiger partial charge in [-0.05, 0) is 33.7 Å². The van der Waals surface area contributed by atoms with E-state index in [0.717, 1.165) is 35.3 Å². The van der Waals surface area contributed by atoms with Crippen molar-refractivity contribution in [3.05, 3.63) is 157 Å². The second-order valence-electron chi connectivity index (χ2n) is 12.7. The van der Waals surface area contributed by atoms with Crippen molar-refractivity contribution in [3.8, 4) is 22.3 Å². The standard InChI is InChI=1S/C44H32N2.Pt/c1-45-27-29-19-35-15-7-10-18-38(35)40(21-29)42-24-32-12-4-6-14-34(32)26-44(42)46(2)28-30-20-36-16-8-9-17-37(36)39(22-30)41-23-31-11-3-5-13-33(31)25-43(41)45;/h3-20,23-26H,27-28H2,1-2H3;/q-2;+4. The number of hydrogen-bond donors (Lipinski definition) is 0. The van der Waals surface area contributed by atoms with E-state index in [4.69, 9.17) is 0 Å². The van der Waals surface area contributed by atoms with Gasteiger partial charge in [-0.15, -0.1) is 68.1 Å². The van der Waals surface area contributed by atoms with Crippen molar-refractivity contribution in [1.29, 1.82) is 0 Å². The van der Waals surface area contributed by atoms with Crippen molar-refractivity contribution in [3.63, 3.8) is 0 Å². The van der Waals surface area contributed by atoms with E-state index in [1.165, 1.54) is 65.6 Å². The summed E-state index contributed by atoms with van der Waals surface area (Å²) in [5.41, 5.74) is 9.40. The molecular weight excluding hydrogens is 752 g/mol. The quantitative estimate of drug-likeness (QED) is 0.141. The second-order valence-corrected chi connectivity index (χ2v) is 12.7. The van der Waals surface area contributed by atoms with Gasteiger partial charge >= 0.3 is 21.1 Å². The summed E-state index contributed by atoms with van der Waals surface area (Å²) >= 11 is 0. The van der Waals surface area contributed by atoms with Crippen molar-refractivity contribution in [1.82, 2.24) is 0 Å². The van der Waals surface area contributed by atoms with Gasteiger partial charge in [0.05, 0.1) is 0 Å². The van der Waals surface area contributed by atoms with Crippen molar-refractivity contribution >= 4 is 54.5 Å². The molecule has 0 saturated heterocycles. The molecule has 0 amide bonds. The molecule has 0 N–H and O–H groups in total. The number of fused-ring (bicyclic) bond motifs is 14. The predicted octanol–water partition coefficient (Wildman–Crippen LogP) is 10.8. The number of rotatable bonds is 0. The van der Waals surface area contributed by atoms with Crippen molar-refractivity contribution in [2.24, 2.45) is 0 Å². The maximum atomic E-state index is 3.94. The molecule has 226 valence electrons. The Morgan fingerprint density at radius 3 is 1.17 bits per heavy atom. The van der Waals surface area contributed by atoms with Crippen LogP contribution in [0.15, 0.2) is 133 Å². The van der Waals surface area contributed by atoms with E-state index in [0.29, 0.717) is 0 Å². The summed E-state index contributed by atoms with van der Waals surface area (Å²) in [4.78, 5) is 4.78. The number of hydrogen-bond acceptors (Lipinski definition) is 2. The van der Waals surface area contributed by atoms with Crippen molar-refractivity contribution < 1.29 is 21.1 Å². The molecule has 9 rings (SSSR count). The molecule has 8 aromatic carbocycles. The monoisotopic (exact) mass is 783 g/mol. The molecule has 0 aromatic heterocycles. The maximum Gasteiger partial charge on any atom is 4.00 e. The summed E-state index contributed by atoms with van der Waals surface area (Å²) in [7, 11) is 4.42. The van der Waals surface area contributed by atoms with Gasteiger partial charge in [-0.25, -0.2) is 0 Å². The smallest absolute Gasteiger partial charge is 0.379 e. The molecule has 47 heavy (non-hydrogen) atoms. The zero-order valence-electron chi connectivity index (χ0n) is 26.3. The van der Waals surface area contributed by atoms with E-state index in [2.05, 4.69) is 169 Å². The minimum Gasteiger partial charge on any atom is -0.379 e. The molecule has 0 saturated carbocycles. The Morgan fingerprint density at radius 2 is 0.766 bits per heavy atom. The molecule has 0 aliphatic carbocycles. The summed E-state index contributed by atoms with van der Waals surface area (Å²) in [6, 6.07) is 56.8. The molecule has 8 aromatic rings. The molecule has 1 aliphatic rings. The van der Waals surface area contributed by atoms with E-state index < -0.39 is 0 Å². The third kappa shape index (κ3) is 5.09. The summed E-state index contributed by atoms with van der Waals surface area (Å²) in [5.74, 6) is 0. The van der Waals surface area contributed by atoms with Crippen LogP contribution in [0.5, 0.6) is 0 Å². The molecule has 4 bridgehead atoms. The van der Waals surface area contributed by atoms with Crippen LogP contribution in [0.2, 0.25) is 0 Å². The third-order valence-corrected chi connectivity index (χ3v) is 9.60. The fourth-order valence-corrected chi connectivity index (χ4v) is 7.37. The number of benzene rings is 8. The van der Waals surface area contributed by atoms with Crippen molar-refractivity contribution in [2.45, 2.75) is 13.1 Å². The van der Waals surface area contributed by atoms with Crippen LogP contribution < -0.4 is 9.80 Å². The molecule has 1 aliphatic heterocycles. The minimum absolute atomic E-state index is 0. The van der Waals surface area contributed by atoms with Gasteiger partial charge in [-0.2, -0.15) is 0 Å². The third-order valence-electron chi connectivity index (χ3n) is 9.60. The van der Waals surface area contributed by atoms with Gasteiger partial charge in [0.15, 0.2) is 0 Å². The van der Waals surface area contributed by atoms with Crippen LogP contribution in [-0.4, -0.2) is 14.1 Å². The molecule has 0 atom stereocenters. The zero-order valence-corrected chi connectivity index (χ0v) is 28.6. The first-order valence-electron chi connectivity index (χ1n) is 16.0. The van der Waals surface area contributed by atoms with E-state index >= 15 is 0 Å². The molecule has 0 radical (unpaired) electrons. The summed E-state index contributed by atoms with van der Waals surface area (Å²) in [5, 5.41) is 9.84. The van der Waals surface area contributed by atoms with Gasteiger partial charge in [0.1, 0.15) is 0 Å².